The third kappa shape index (κ3) is 8.74. The fourth-order valence-corrected chi connectivity index (χ4v) is 12.1. The zero-order valence-corrected chi connectivity index (χ0v) is 43.4. The molecule has 0 aliphatic carbocycles. The van der Waals surface area contributed by atoms with E-state index in [0.29, 0.717) is 34.2 Å². The Balaban J connectivity index is 1.38. The fourth-order valence-electron chi connectivity index (χ4n) is 9.09. The number of nitrogens with one attached hydrogen (secondary N) is 1. The summed E-state index contributed by atoms with van der Waals surface area (Å²) in [6, 6.07) is 25.2. The van der Waals surface area contributed by atoms with Gasteiger partial charge in [0.05, 0.1) is 14.2 Å². The van der Waals surface area contributed by atoms with Crippen LogP contribution in [0.3, 0.4) is 0 Å². The van der Waals surface area contributed by atoms with Crippen molar-refractivity contribution in [3.8, 4) is 56.8 Å². The maximum Gasteiger partial charge on any atom is 0.638 e. The van der Waals surface area contributed by atoms with Crippen molar-refractivity contribution in [1.82, 2.24) is 5.09 Å². The number of ether oxygens (including phenoxy) is 2. The van der Waals surface area contributed by atoms with Gasteiger partial charge in [-0.3, -0.25) is 13.6 Å². The van der Waals surface area contributed by atoms with Gasteiger partial charge in [-0.15, -0.1) is 0 Å². The molecule has 0 spiro atoms. The van der Waals surface area contributed by atoms with E-state index in [1.807, 2.05) is 31.3 Å². The Morgan fingerprint density at radius 3 is 1.26 bits per heavy atom. The quantitative estimate of drug-likeness (QED) is 0.150. The van der Waals surface area contributed by atoms with Gasteiger partial charge in [0.2, 0.25) is 0 Å². The van der Waals surface area contributed by atoms with Crippen LogP contribution in [0, 0.1) is 55.4 Å². The largest absolute Gasteiger partial charge is 0.638 e. The Morgan fingerprint density at radius 1 is 0.485 bits per heavy atom. The molecule has 0 saturated heterocycles. The SMILES string of the molecule is CN[P+]1(Oc2c(C)cc(C)cc2-c2cc(C)cc(C)c2Op2oc3c(C(C)(C)C)cc(OC)cc3c3cc(OC)cc(C(C)(C)C)c3o2)Oc2c(C)cc(C)cc2-c2cc(C)cc(C)c2O1. The first-order valence-corrected chi connectivity index (χ1v) is 25.1. The van der Waals surface area contributed by atoms with Crippen LogP contribution in [0.2, 0.25) is 0 Å². The molecule has 8 rings (SSSR count). The molecule has 0 bridgehead atoms. The molecule has 6 aromatic carbocycles. The van der Waals surface area contributed by atoms with Gasteiger partial charge in [-0.05, 0) is 159 Å². The lowest BCUT2D eigenvalue weighted by Crippen LogP contribution is -2.26. The highest BCUT2D eigenvalue weighted by Gasteiger charge is 2.54. The molecule has 66 heavy (non-hydrogen) atoms. The van der Waals surface area contributed by atoms with Gasteiger partial charge in [0, 0.05) is 51.2 Å². The first kappa shape index (κ1) is 46.9. The third-order valence-electron chi connectivity index (χ3n) is 12.2. The maximum atomic E-state index is 7.33. The van der Waals surface area contributed by atoms with Gasteiger partial charge >= 0.3 is 16.3 Å². The molecule has 1 aliphatic heterocycles. The minimum Gasteiger partial charge on any atom is -0.497 e. The first-order chi connectivity index (χ1) is 31.0. The standard InChI is InChI=1S/C55H64NO8P2/c1-30-18-34(5)48(59-65-60-52-44(26-38(57-16)28-46(52)54(9,10)11)45-27-39(58-17)29-47(53(45)61-65)55(12,13)14)40(22-30)41-23-31(2)19-35(6)49(41)62-66(56-15)63-50-36(7)20-32(3)24-42(50)43-25-33(4)21-37(8)51(43)64-66/h18-29,56H,1-17H3/q+1. The lowest BCUT2D eigenvalue weighted by molar-refractivity contribution is 0.345. The van der Waals surface area contributed by atoms with Gasteiger partial charge in [0.15, 0.2) is 17.2 Å². The summed E-state index contributed by atoms with van der Waals surface area (Å²) in [6.07, 6.45) is 0. The smallest absolute Gasteiger partial charge is 0.497 e. The number of rotatable bonds is 8. The highest BCUT2D eigenvalue weighted by Crippen LogP contribution is 2.64. The Hall–Kier alpha value is -5.59. The summed E-state index contributed by atoms with van der Waals surface area (Å²) in [5.74, 6) is 4.08. The van der Waals surface area contributed by atoms with E-state index < -0.39 is 16.3 Å². The Labute approximate surface area is 392 Å². The van der Waals surface area contributed by atoms with Crippen molar-refractivity contribution in [3.63, 3.8) is 0 Å². The van der Waals surface area contributed by atoms with E-state index in [-0.39, 0.29) is 10.8 Å². The van der Waals surface area contributed by atoms with Crippen LogP contribution in [0.25, 0.3) is 44.2 Å². The van der Waals surface area contributed by atoms with Crippen LogP contribution in [0.1, 0.15) is 97.2 Å². The van der Waals surface area contributed by atoms with Crippen molar-refractivity contribution < 1.29 is 36.0 Å². The van der Waals surface area contributed by atoms with Crippen LogP contribution in [-0.4, -0.2) is 21.3 Å². The zero-order valence-electron chi connectivity index (χ0n) is 41.6. The molecule has 2 heterocycles. The lowest BCUT2D eigenvalue weighted by Gasteiger charge is -2.24. The van der Waals surface area contributed by atoms with Gasteiger partial charge in [0.1, 0.15) is 28.4 Å². The normalized spacial score (nSPS) is 13.3. The van der Waals surface area contributed by atoms with Crippen LogP contribution in [0.15, 0.2) is 81.2 Å². The predicted octanol–water partition coefficient (Wildman–Crippen LogP) is 16.3. The van der Waals surface area contributed by atoms with E-state index >= 15 is 0 Å². The summed E-state index contributed by atoms with van der Waals surface area (Å²) in [7, 11) is -0.369. The van der Waals surface area contributed by atoms with Gasteiger partial charge < -0.3 is 22.4 Å². The maximum absolute atomic E-state index is 7.33. The van der Waals surface area contributed by atoms with E-state index in [1.165, 1.54) is 0 Å². The average molecular weight is 929 g/mol. The van der Waals surface area contributed by atoms with Gasteiger partial charge in [-0.1, -0.05) is 70.9 Å². The molecule has 0 saturated carbocycles. The minimum atomic E-state index is -3.44. The van der Waals surface area contributed by atoms with Crippen LogP contribution in [0.4, 0.5) is 0 Å². The predicted molar refractivity (Wildman–Crippen MR) is 272 cm³/mol. The molecular weight excluding hydrogens is 865 g/mol. The number of fused-ring (bicyclic) bond motifs is 6. The number of methoxy groups -OCH3 is 2. The lowest BCUT2D eigenvalue weighted by atomic mass is 9.84. The second kappa shape index (κ2) is 17.2. The van der Waals surface area contributed by atoms with Crippen molar-refractivity contribution in [2.75, 3.05) is 21.3 Å². The molecule has 7 aromatic rings. The number of aryl methyl sites for hydroxylation is 8. The molecule has 9 nitrogen and oxygen atoms in total. The van der Waals surface area contributed by atoms with Crippen molar-refractivity contribution in [3.05, 3.63) is 128 Å². The van der Waals surface area contributed by atoms with E-state index in [0.717, 1.165) is 100 Å². The monoisotopic (exact) mass is 928 g/mol. The molecule has 11 heteroatoms. The fraction of sp³-hybridized carbons (Fsp3) is 0.345. The molecular formula is C55H64NO8P2+. The topological polar surface area (TPSA) is 93.7 Å². The molecule has 0 amide bonds. The third-order valence-corrected chi connectivity index (χ3v) is 15.0. The Bertz CT molecular complexity index is 2980. The summed E-state index contributed by atoms with van der Waals surface area (Å²) in [4.78, 5) is 0. The van der Waals surface area contributed by atoms with Crippen LogP contribution < -0.4 is 32.7 Å². The highest BCUT2D eigenvalue weighted by atomic mass is 31.2. The molecule has 0 fully saturated rings. The van der Waals surface area contributed by atoms with Crippen LogP contribution in [-0.2, 0) is 10.8 Å². The summed E-state index contributed by atoms with van der Waals surface area (Å²) < 4.78 is 54.8. The van der Waals surface area contributed by atoms with Gasteiger partial charge in [-0.25, -0.2) is 0 Å². The van der Waals surface area contributed by atoms with Crippen LogP contribution in [0.5, 0.6) is 34.5 Å². The molecule has 1 N–H and O–H groups in total. The molecule has 0 radical (unpaired) electrons. The summed E-state index contributed by atoms with van der Waals surface area (Å²) in [5, 5.41) is 5.10. The van der Waals surface area contributed by atoms with Crippen LogP contribution >= 0.6 is 16.3 Å². The molecule has 1 aromatic heterocycles. The van der Waals surface area contributed by atoms with E-state index in [4.69, 9.17) is 36.0 Å². The van der Waals surface area contributed by atoms with Crippen molar-refractivity contribution in [2.24, 2.45) is 0 Å². The van der Waals surface area contributed by atoms with Crippen molar-refractivity contribution in [1.29, 1.82) is 0 Å². The van der Waals surface area contributed by atoms with Crippen molar-refractivity contribution >= 4 is 38.3 Å². The number of hydrogen-bond acceptors (Lipinski definition) is 9. The molecule has 0 atom stereocenters. The summed E-state index contributed by atoms with van der Waals surface area (Å²) in [5.41, 5.74) is 14.3. The average Bonchev–Trinajstić information content (AvgIpc) is 3.47. The van der Waals surface area contributed by atoms with E-state index in [2.05, 4.69) is 151 Å². The Morgan fingerprint density at radius 2 is 0.864 bits per heavy atom. The second-order valence-corrected chi connectivity index (χ2v) is 22.9. The number of benzene rings is 6. The molecule has 346 valence electrons. The van der Waals surface area contributed by atoms with E-state index in [1.54, 1.807) is 14.2 Å². The zero-order chi connectivity index (χ0) is 47.8. The minimum absolute atomic E-state index is 0.337. The van der Waals surface area contributed by atoms with Gasteiger partial charge in [-0.2, -0.15) is 0 Å². The van der Waals surface area contributed by atoms with E-state index in [9.17, 15) is 0 Å². The number of hydrogen-bond donors (Lipinski definition) is 1. The Kier molecular flexibility index (Phi) is 12.3. The summed E-state index contributed by atoms with van der Waals surface area (Å²) in [6.45, 7) is 29.7. The second-order valence-electron chi connectivity index (χ2n) is 19.9. The molecule has 1 aliphatic rings. The summed E-state index contributed by atoms with van der Waals surface area (Å²) >= 11 is 0. The van der Waals surface area contributed by atoms with Crippen molar-refractivity contribution in [2.45, 2.75) is 108 Å². The van der Waals surface area contributed by atoms with Gasteiger partial charge in [0.25, 0.3) is 0 Å². The highest BCUT2D eigenvalue weighted by molar-refractivity contribution is 7.60. The molecule has 0 unspecified atom stereocenters. The first-order valence-electron chi connectivity index (χ1n) is 22.4.